The van der Waals surface area contributed by atoms with Crippen molar-refractivity contribution in [1.82, 2.24) is 0 Å². The van der Waals surface area contributed by atoms with Crippen molar-refractivity contribution in [2.45, 2.75) is 18.9 Å². The van der Waals surface area contributed by atoms with Gasteiger partial charge in [0.05, 0.1) is 17.6 Å². The molecule has 1 saturated heterocycles. The second-order valence-corrected chi connectivity index (χ2v) is 5.69. The summed E-state index contributed by atoms with van der Waals surface area (Å²) in [5, 5.41) is 14.2. The van der Waals surface area contributed by atoms with Gasteiger partial charge in [-0.1, -0.05) is 0 Å². The minimum absolute atomic E-state index is 0.0202. The van der Waals surface area contributed by atoms with Crippen LogP contribution in [0, 0.1) is 10.1 Å². The minimum atomic E-state index is -0.499. The van der Waals surface area contributed by atoms with Crippen LogP contribution >= 0.6 is 11.8 Å². The summed E-state index contributed by atoms with van der Waals surface area (Å²) in [7, 11) is 1.29. The lowest BCUT2D eigenvalue weighted by Crippen LogP contribution is -2.26. The third-order valence-corrected chi connectivity index (χ3v) is 4.35. The number of thioether (sulfide) groups is 1. The van der Waals surface area contributed by atoms with E-state index in [1.165, 1.54) is 25.3 Å². The van der Waals surface area contributed by atoms with Crippen LogP contribution in [-0.2, 0) is 4.74 Å². The van der Waals surface area contributed by atoms with Gasteiger partial charge >= 0.3 is 5.97 Å². The van der Waals surface area contributed by atoms with E-state index < -0.39 is 10.9 Å². The van der Waals surface area contributed by atoms with E-state index in [9.17, 15) is 14.9 Å². The first-order valence-corrected chi connectivity index (χ1v) is 7.48. The molecule has 0 radical (unpaired) electrons. The van der Waals surface area contributed by atoms with Crippen LogP contribution in [0.15, 0.2) is 18.2 Å². The molecule has 1 N–H and O–H groups in total. The fourth-order valence-corrected chi connectivity index (χ4v) is 3.20. The van der Waals surface area contributed by atoms with Gasteiger partial charge < -0.3 is 10.1 Å². The molecule has 1 aliphatic rings. The Morgan fingerprint density at radius 3 is 2.95 bits per heavy atom. The van der Waals surface area contributed by atoms with E-state index >= 15 is 0 Å². The lowest BCUT2D eigenvalue weighted by atomic mass is 10.1. The normalized spacial score (nSPS) is 18.4. The molecule has 20 heavy (non-hydrogen) atoms. The minimum Gasteiger partial charge on any atom is -0.465 e. The fourth-order valence-electron chi connectivity index (χ4n) is 2.13. The number of nitro groups is 1. The predicted octanol–water partition coefficient (Wildman–Crippen LogP) is 2.69. The van der Waals surface area contributed by atoms with Crippen LogP contribution in [-0.4, -0.2) is 35.5 Å². The van der Waals surface area contributed by atoms with Gasteiger partial charge in [0, 0.05) is 17.9 Å². The Balaban J connectivity index is 2.26. The Hall–Kier alpha value is -1.76. The number of nitro benzene ring substituents is 1. The highest BCUT2D eigenvalue weighted by Crippen LogP contribution is 2.29. The van der Waals surface area contributed by atoms with Crippen molar-refractivity contribution < 1.29 is 14.5 Å². The van der Waals surface area contributed by atoms with Crippen molar-refractivity contribution in [2.75, 3.05) is 23.9 Å². The topological polar surface area (TPSA) is 81.5 Å². The molecule has 0 amide bonds. The third-order valence-electron chi connectivity index (χ3n) is 3.13. The highest BCUT2D eigenvalue weighted by Gasteiger charge is 2.21. The summed E-state index contributed by atoms with van der Waals surface area (Å²) < 4.78 is 4.64. The molecule has 1 heterocycles. The van der Waals surface area contributed by atoms with E-state index in [2.05, 4.69) is 10.1 Å². The molecular formula is C13H16N2O4S. The average molecular weight is 296 g/mol. The van der Waals surface area contributed by atoms with Crippen LogP contribution < -0.4 is 5.32 Å². The number of nitrogens with one attached hydrogen (secondary N) is 1. The third kappa shape index (κ3) is 3.41. The summed E-state index contributed by atoms with van der Waals surface area (Å²) in [6, 6.07) is 4.43. The molecule has 1 aromatic rings. The van der Waals surface area contributed by atoms with E-state index in [-0.39, 0.29) is 11.7 Å². The molecule has 0 spiro atoms. The van der Waals surface area contributed by atoms with E-state index in [1.807, 2.05) is 11.8 Å². The summed E-state index contributed by atoms with van der Waals surface area (Å²) in [5.41, 5.74) is 0.669. The van der Waals surface area contributed by atoms with Crippen molar-refractivity contribution in [3.8, 4) is 0 Å². The molecule has 0 bridgehead atoms. The largest absolute Gasteiger partial charge is 0.465 e. The summed E-state index contributed by atoms with van der Waals surface area (Å²) in [6.07, 6.45) is 2.07. The van der Waals surface area contributed by atoms with Gasteiger partial charge in [0.25, 0.3) is 5.69 Å². The van der Waals surface area contributed by atoms with Crippen LogP contribution in [0.1, 0.15) is 23.2 Å². The zero-order chi connectivity index (χ0) is 14.5. The summed E-state index contributed by atoms with van der Waals surface area (Å²) >= 11 is 1.83. The maximum absolute atomic E-state index is 11.5. The zero-order valence-corrected chi connectivity index (χ0v) is 11.9. The number of ether oxygens (including phenoxy) is 1. The number of rotatable bonds is 4. The Kier molecular flexibility index (Phi) is 4.84. The molecule has 1 fully saturated rings. The lowest BCUT2D eigenvalue weighted by Gasteiger charge is -2.23. The Labute approximate surface area is 121 Å². The number of nitrogens with zero attached hydrogens (tertiary/aromatic N) is 1. The standard InChI is InChI=1S/C13H16N2O4S/c1-19-13(16)9-4-5-12(15(17)18)11(7-9)14-10-3-2-6-20-8-10/h4-5,7,10,14H,2-3,6,8H2,1H3. The van der Waals surface area contributed by atoms with Crippen molar-refractivity contribution >= 4 is 29.1 Å². The van der Waals surface area contributed by atoms with Gasteiger partial charge in [-0.15, -0.1) is 0 Å². The SMILES string of the molecule is COC(=O)c1ccc([N+](=O)[O-])c(NC2CCCSC2)c1. The number of hydrogen-bond donors (Lipinski definition) is 1. The number of hydrogen-bond acceptors (Lipinski definition) is 6. The van der Waals surface area contributed by atoms with Crippen molar-refractivity contribution in [3.05, 3.63) is 33.9 Å². The molecule has 2 rings (SSSR count). The highest BCUT2D eigenvalue weighted by atomic mass is 32.2. The Morgan fingerprint density at radius 2 is 2.35 bits per heavy atom. The number of benzene rings is 1. The van der Waals surface area contributed by atoms with Gasteiger partial charge in [-0.3, -0.25) is 10.1 Å². The monoisotopic (exact) mass is 296 g/mol. The molecular weight excluding hydrogens is 280 g/mol. The van der Waals surface area contributed by atoms with Gasteiger partial charge in [0.1, 0.15) is 5.69 Å². The Morgan fingerprint density at radius 1 is 1.55 bits per heavy atom. The molecule has 1 aliphatic heterocycles. The molecule has 1 unspecified atom stereocenters. The quantitative estimate of drug-likeness (QED) is 0.522. The van der Waals surface area contributed by atoms with E-state index in [4.69, 9.17) is 0 Å². The molecule has 1 aromatic carbocycles. The number of esters is 1. The lowest BCUT2D eigenvalue weighted by molar-refractivity contribution is -0.384. The molecule has 0 aliphatic carbocycles. The maximum Gasteiger partial charge on any atom is 0.337 e. The molecule has 0 saturated carbocycles. The highest BCUT2D eigenvalue weighted by molar-refractivity contribution is 7.99. The van der Waals surface area contributed by atoms with Gasteiger partial charge in [-0.25, -0.2) is 4.79 Å². The Bertz CT molecular complexity index is 515. The number of carbonyl (C=O) groups excluding carboxylic acids is 1. The van der Waals surface area contributed by atoms with Gasteiger partial charge in [0.15, 0.2) is 0 Å². The molecule has 6 nitrogen and oxygen atoms in total. The van der Waals surface area contributed by atoms with E-state index in [0.29, 0.717) is 11.3 Å². The van der Waals surface area contributed by atoms with Crippen LogP contribution in [0.3, 0.4) is 0 Å². The first kappa shape index (κ1) is 14.6. The van der Waals surface area contributed by atoms with Gasteiger partial charge in [-0.2, -0.15) is 11.8 Å². The second kappa shape index (κ2) is 6.60. The fraction of sp³-hybridized carbons (Fsp3) is 0.462. The first-order valence-electron chi connectivity index (χ1n) is 6.33. The summed E-state index contributed by atoms with van der Waals surface area (Å²) in [5.74, 6) is 1.54. The zero-order valence-electron chi connectivity index (χ0n) is 11.1. The molecule has 0 aromatic heterocycles. The second-order valence-electron chi connectivity index (χ2n) is 4.54. The van der Waals surface area contributed by atoms with Crippen molar-refractivity contribution in [1.29, 1.82) is 0 Å². The predicted molar refractivity (Wildman–Crippen MR) is 78.4 cm³/mol. The van der Waals surface area contributed by atoms with Gasteiger partial charge in [-0.05, 0) is 30.7 Å². The summed E-state index contributed by atoms with van der Waals surface area (Å²) in [6.45, 7) is 0. The van der Waals surface area contributed by atoms with Crippen molar-refractivity contribution in [3.63, 3.8) is 0 Å². The smallest absolute Gasteiger partial charge is 0.337 e. The van der Waals surface area contributed by atoms with Crippen LogP contribution in [0.4, 0.5) is 11.4 Å². The molecule has 1 atom stereocenters. The first-order chi connectivity index (χ1) is 9.61. The number of methoxy groups -OCH3 is 1. The average Bonchev–Trinajstić information content (AvgIpc) is 2.47. The van der Waals surface area contributed by atoms with Crippen LogP contribution in [0.25, 0.3) is 0 Å². The molecule has 7 heteroatoms. The van der Waals surface area contributed by atoms with Crippen LogP contribution in [0.5, 0.6) is 0 Å². The van der Waals surface area contributed by atoms with Crippen LogP contribution in [0.2, 0.25) is 0 Å². The van der Waals surface area contributed by atoms with Crippen molar-refractivity contribution in [2.24, 2.45) is 0 Å². The van der Waals surface area contributed by atoms with E-state index in [1.54, 1.807) is 0 Å². The maximum atomic E-state index is 11.5. The van der Waals surface area contributed by atoms with Gasteiger partial charge in [0.2, 0.25) is 0 Å². The summed E-state index contributed by atoms with van der Waals surface area (Å²) in [4.78, 5) is 22.1. The van der Waals surface area contributed by atoms with E-state index in [0.717, 1.165) is 24.3 Å². The number of carbonyl (C=O) groups is 1. The number of anilines is 1. The molecule has 108 valence electrons.